The standard InChI is InChI=1S/C30H36N10O2/c1-18-9-5-6-10-25(18)17-40(28(42)24-13-7-11-22(15-24)19(2)36-38-29(31)32)21(4)27(41)35-26-14-8-12-23(16-26)20(3)37-39-30(33)34/h5-16,21H,17H2,1-4H3,(H,35,41)(H4,31,32,38)(H4,33,34,39)/b36-19+,37-20+/t21-/m0/s1. The number of hydrogen-bond donors (Lipinski definition) is 5. The Labute approximate surface area is 244 Å². The zero-order valence-electron chi connectivity index (χ0n) is 24.1. The first-order valence-electron chi connectivity index (χ1n) is 13.1. The van der Waals surface area contributed by atoms with Crippen LogP contribution in [0.1, 0.15) is 53.4 Å². The molecule has 0 aliphatic carbocycles. The van der Waals surface area contributed by atoms with E-state index in [1.54, 1.807) is 63.2 Å². The second-order valence-electron chi connectivity index (χ2n) is 9.61. The van der Waals surface area contributed by atoms with Crippen LogP contribution in [0.25, 0.3) is 0 Å². The van der Waals surface area contributed by atoms with Gasteiger partial charge in [0.1, 0.15) is 6.04 Å². The molecule has 0 heterocycles. The molecule has 0 aliphatic rings. The maximum atomic E-state index is 14.0. The summed E-state index contributed by atoms with van der Waals surface area (Å²) in [4.78, 5) is 29.0. The molecule has 2 amide bonds. The summed E-state index contributed by atoms with van der Waals surface area (Å²) in [5.74, 6) is -1.03. The number of benzene rings is 3. The largest absolute Gasteiger partial charge is 0.369 e. The summed E-state index contributed by atoms with van der Waals surface area (Å²) >= 11 is 0. The van der Waals surface area contributed by atoms with Gasteiger partial charge in [0.05, 0.1) is 11.4 Å². The minimum Gasteiger partial charge on any atom is -0.369 e. The number of anilines is 1. The maximum absolute atomic E-state index is 14.0. The smallest absolute Gasteiger partial charge is 0.254 e. The Morgan fingerprint density at radius 2 is 1.31 bits per heavy atom. The second-order valence-corrected chi connectivity index (χ2v) is 9.61. The first-order valence-corrected chi connectivity index (χ1v) is 13.1. The van der Waals surface area contributed by atoms with Crippen molar-refractivity contribution in [2.24, 2.45) is 43.3 Å². The van der Waals surface area contributed by atoms with Gasteiger partial charge in [-0.15, -0.1) is 10.2 Å². The van der Waals surface area contributed by atoms with Crippen LogP contribution in [0.3, 0.4) is 0 Å². The number of carbonyl (C=O) groups is 2. The van der Waals surface area contributed by atoms with E-state index in [0.29, 0.717) is 33.8 Å². The number of nitrogens with one attached hydrogen (secondary N) is 1. The molecule has 0 aliphatic heterocycles. The zero-order chi connectivity index (χ0) is 30.8. The number of hydrogen-bond acceptors (Lipinski definition) is 6. The molecular weight excluding hydrogens is 532 g/mol. The fraction of sp³-hybridized carbons (Fsp3) is 0.200. The average molecular weight is 569 g/mol. The summed E-state index contributed by atoms with van der Waals surface area (Å²) in [6.07, 6.45) is 0. The number of amides is 2. The van der Waals surface area contributed by atoms with Gasteiger partial charge in [0.15, 0.2) is 0 Å². The molecule has 0 aromatic heterocycles. The van der Waals surface area contributed by atoms with Crippen LogP contribution < -0.4 is 28.3 Å². The van der Waals surface area contributed by atoms with E-state index in [1.807, 2.05) is 37.3 Å². The summed E-state index contributed by atoms with van der Waals surface area (Å²) in [7, 11) is 0. The Hall–Kier alpha value is -5.52. The van der Waals surface area contributed by atoms with Crippen LogP contribution in [0.5, 0.6) is 0 Å². The Bertz CT molecular complexity index is 1570. The number of nitrogens with two attached hydrogens (primary N) is 4. The molecule has 12 heteroatoms. The van der Waals surface area contributed by atoms with Crippen LogP contribution in [0.2, 0.25) is 0 Å². The summed E-state index contributed by atoms with van der Waals surface area (Å²) in [5.41, 5.74) is 26.8. The highest BCUT2D eigenvalue weighted by atomic mass is 16.2. The molecule has 1 atom stereocenters. The molecular formula is C30H36N10O2. The van der Waals surface area contributed by atoms with Crippen molar-refractivity contribution in [3.05, 3.63) is 101 Å². The minimum absolute atomic E-state index is 0.159. The molecule has 12 nitrogen and oxygen atoms in total. The van der Waals surface area contributed by atoms with Gasteiger partial charge in [0.25, 0.3) is 5.91 Å². The molecule has 9 N–H and O–H groups in total. The summed E-state index contributed by atoms with van der Waals surface area (Å²) in [6.45, 7) is 7.35. The average Bonchev–Trinajstić information content (AvgIpc) is 2.97. The number of guanidine groups is 2. The summed E-state index contributed by atoms with van der Waals surface area (Å²) in [5, 5.41) is 18.3. The van der Waals surface area contributed by atoms with E-state index in [1.165, 1.54) is 4.90 Å². The van der Waals surface area contributed by atoms with Gasteiger partial charge < -0.3 is 33.2 Å². The first kappa shape index (κ1) is 31.0. The fourth-order valence-electron chi connectivity index (χ4n) is 3.99. The summed E-state index contributed by atoms with van der Waals surface area (Å²) < 4.78 is 0. The Morgan fingerprint density at radius 1 is 0.762 bits per heavy atom. The quantitative estimate of drug-likeness (QED) is 0.141. The van der Waals surface area contributed by atoms with Crippen LogP contribution in [-0.2, 0) is 11.3 Å². The lowest BCUT2D eigenvalue weighted by Crippen LogP contribution is -2.45. The molecule has 3 aromatic rings. The maximum Gasteiger partial charge on any atom is 0.254 e. The van der Waals surface area contributed by atoms with Crippen LogP contribution in [-0.4, -0.2) is 46.1 Å². The number of nitrogens with zero attached hydrogens (tertiary/aromatic N) is 5. The lowest BCUT2D eigenvalue weighted by Gasteiger charge is -2.29. The molecule has 3 rings (SSSR count). The molecule has 0 radical (unpaired) electrons. The van der Waals surface area contributed by atoms with E-state index in [2.05, 4.69) is 25.7 Å². The molecule has 0 unspecified atom stereocenters. The normalized spacial score (nSPS) is 12.2. The minimum atomic E-state index is -0.836. The predicted octanol–water partition coefficient (Wildman–Crippen LogP) is 2.66. The highest BCUT2D eigenvalue weighted by Gasteiger charge is 2.28. The SMILES string of the molecule is C/C(=N\N=C(N)N)c1cccc(NC(=O)[C@H](C)N(Cc2ccccc2C)C(=O)c2cccc(/C(C)=N/N=C(N)N)c2)c1. The third-order valence-corrected chi connectivity index (χ3v) is 6.42. The molecule has 0 spiro atoms. The number of rotatable bonds is 10. The van der Waals surface area contributed by atoms with Crippen LogP contribution in [0, 0.1) is 6.92 Å². The monoisotopic (exact) mass is 568 g/mol. The third kappa shape index (κ3) is 8.49. The molecule has 3 aromatic carbocycles. The highest BCUT2D eigenvalue weighted by molar-refractivity contribution is 6.05. The Morgan fingerprint density at radius 3 is 1.90 bits per heavy atom. The molecule has 42 heavy (non-hydrogen) atoms. The van der Waals surface area contributed by atoms with E-state index < -0.39 is 6.04 Å². The van der Waals surface area contributed by atoms with Crippen molar-refractivity contribution in [2.75, 3.05) is 5.32 Å². The van der Waals surface area contributed by atoms with Crippen molar-refractivity contribution in [1.29, 1.82) is 0 Å². The van der Waals surface area contributed by atoms with E-state index in [-0.39, 0.29) is 30.3 Å². The number of carbonyl (C=O) groups excluding carboxylic acids is 2. The van der Waals surface area contributed by atoms with E-state index >= 15 is 0 Å². The van der Waals surface area contributed by atoms with Crippen molar-refractivity contribution < 1.29 is 9.59 Å². The second kappa shape index (κ2) is 14.2. The van der Waals surface area contributed by atoms with Crippen LogP contribution in [0.4, 0.5) is 5.69 Å². The zero-order valence-corrected chi connectivity index (χ0v) is 24.1. The molecule has 0 saturated heterocycles. The van der Waals surface area contributed by atoms with Crippen molar-refractivity contribution in [3.8, 4) is 0 Å². The first-order chi connectivity index (χ1) is 20.0. The Kier molecular flexibility index (Phi) is 10.5. The van der Waals surface area contributed by atoms with Gasteiger partial charge >= 0.3 is 0 Å². The molecule has 0 fully saturated rings. The van der Waals surface area contributed by atoms with Gasteiger partial charge in [0, 0.05) is 17.8 Å². The Balaban J connectivity index is 1.93. The van der Waals surface area contributed by atoms with Crippen LogP contribution in [0.15, 0.2) is 93.2 Å². The van der Waals surface area contributed by atoms with Crippen molar-refractivity contribution in [2.45, 2.75) is 40.3 Å². The van der Waals surface area contributed by atoms with Gasteiger partial charge in [-0.05, 0) is 74.2 Å². The van der Waals surface area contributed by atoms with Crippen molar-refractivity contribution in [1.82, 2.24) is 4.90 Å². The topological polar surface area (TPSA) is 203 Å². The fourth-order valence-corrected chi connectivity index (χ4v) is 3.99. The highest BCUT2D eigenvalue weighted by Crippen LogP contribution is 2.19. The number of aryl methyl sites for hydroxylation is 1. The lowest BCUT2D eigenvalue weighted by molar-refractivity contribution is -0.120. The van der Waals surface area contributed by atoms with Crippen molar-refractivity contribution >= 4 is 40.8 Å². The van der Waals surface area contributed by atoms with Gasteiger partial charge in [-0.25, -0.2) is 0 Å². The summed E-state index contributed by atoms with van der Waals surface area (Å²) in [6, 6.07) is 20.9. The molecule has 0 saturated carbocycles. The van der Waals surface area contributed by atoms with E-state index in [0.717, 1.165) is 11.1 Å². The van der Waals surface area contributed by atoms with Gasteiger partial charge in [0.2, 0.25) is 17.8 Å². The van der Waals surface area contributed by atoms with Crippen molar-refractivity contribution in [3.63, 3.8) is 0 Å². The van der Waals surface area contributed by atoms with Gasteiger partial charge in [-0.1, -0.05) is 48.5 Å². The molecule has 218 valence electrons. The van der Waals surface area contributed by atoms with E-state index in [9.17, 15) is 9.59 Å². The van der Waals surface area contributed by atoms with E-state index in [4.69, 9.17) is 22.9 Å². The van der Waals surface area contributed by atoms with Crippen LogP contribution >= 0.6 is 0 Å². The molecule has 0 bridgehead atoms. The predicted molar refractivity (Wildman–Crippen MR) is 168 cm³/mol. The van der Waals surface area contributed by atoms with Gasteiger partial charge in [-0.2, -0.15) is 10.2 Å². The third-order valence-electron chi connectivity index (χ3n) is 6.42. The van der Waals surface area contributed by atoms with Gasteiger partial charge in [-0.3, -0.25) is 9.59 Å². The lowest BCUT2D eigenvalue weighted by atomic mass is 10.0.